The fraction of sp³-hybridized carbons (Fsp3) is 0.424. The number of nitrogens with zero attached hydrogens (tertiary/aromatic N) is 1. The Kier molecular flexibility index (Phi) is 7.57. The molecule has 0 unspecified atom stereocenters. The molecule has 0 fully saturated rings. The van der Waals surface area contributed by atoms with E-state index in [1.165, 1.54) is 4.31 Å². The number of sulfonamides is 1. The van der Waals surface area contributed by atoms with Crippen LogP contribution in [-0.4, -0.2) is 32.6 Å². The first-order valence-electron chi connectivity index (χ1n) is 14.4. The molecule has 0 saturated carbocycles. The van der Waals surface area contributed by atoms with Crippen LogP contribution < -0.4 is 19.1 Å². The minimum absolute atomic E-state index is 0.139. The number of hydrogen-bond donors (Lipinski definition) is 1. The summed E-state index contributed by atoms with van der Waals surface area (Å²) in [4.78, 5) is 14.0. The van der Waals surface area contributed by atoms with E-state index in [1.807, 2.05) is 43.3 Å². The first-order valence-corrected chi connectivity index (χ1v) is 15.8. The maximum atomic E-state index is 14.0. The zero-order chi connectivity index (χ0) is 29.6. The van der Waals surface area contributed by atoms with Gasteiger partial charge in [0.15, 0.2) is 6.10 Å². The number of para-hydroxylation sites is 1. The third-order valence-electron chi connectivity index (χ3n) is 8.40. The molecule has 7 nitrogen and oxygen atoms in total. The molecule has 3 aromatic rings. The molecular weight excluding hydrogens is 536 g/mol. The van der Waals surface area contributed by atoms with Gasteiger partial charge < -0.3 is 14.8 Å². The van der Waals surface area contributed by atoms with Crippen molar-refractivity contribution >= 4 is 21.6 Å². The van der Waals surface area contributed by atoms with E-state index >= 15 is 0 Å². The highest BCUT2D eigenvalue weighted by Gasteiger charge is 2.42. The second-order valence-corrected chi connectivity index (χ2v) is 14.0. The van der Waals surface area contributed by atoms with Gasteiger partial charge in [0.2, 0.25) is 0 Å². The number of hydrogen-bond acceptors (Lipinski definition) is 5. The van der Waals surface area contributed by atoms with Gasteiger partial charge in [-0.25, -0.2) is 8.42 Å². The first-order chi connectivity index (χ1) is 19.4. The van der Waals surface area contributed by atoms with Crippen LogP contribution in [0, 0.1) is 6.92 Å². The van der Waals surface area contributed by atoms with E-state index in [2.05, 4.69) is 39.9 Å². The molecule has 0 spiro atoms. The molecule has 0 aliphatic carbocycles. The number of amides is 1. The zero-order valence-electron chi connectivity index (χ0n) is 24.7. The van der Waals surface area contributed by atoms with Crippen molar-refractivity contribution < 1.29 is 22.7 Å². The summed E-state index contributed by atoms with van der Waals surface area (Å²) < 4.78 is 42.0. The summed E-state index contributed by atoms with van der Waals surface area (Å²) in [5.41, 5.74) is 2.69. The van der Waals surface area contributed by atoms with Crippen molar-refractivity contribution in [1.82, 2.24) is 5.32 Å². The second kappa shape index (κ2) is 10.7. The van der Waals surface area contributed by atoms with E-state index in [9.17, 15) is 13.2 Å². The van der Waals surface area contributed by atoms with Crippen LogP contribution in [0.1, 0.15) is 76.6 Å². The van der Waals surface area contributed by atoms with Crippen molar-refractivity contribution in [2.45, 2.75) is 88.9 Å². The smallest absolute Gasteiger partial charge is 0.264 e. The van der Waals surface area contributed by atoms with Gasteiger partial charge in [0.1, 0.15) is 17.1 Å². The van der Waals surface area contributed by atoms with Crippen molar-refractivity contribution in [2.24, 2.45) is 0 Å². The molecule has 41 heavy (non-hydrogen) atoms. The van der Waals surface area contributed by atoms with E-state index in [4.69, 9.17) is 9.47 Å². The number of aryl methyl sites for hydroxylation is 1. The maximum Gasteiger partial charge on any atom is 0.264 e. The first kappa shape index (κ1) is 29.0. The Labute approximate surface area is 243 Å². The molecule has 3 aromatic carbocycles. The molecule has 0 aromatic heterocycles. The second-order valence-electron chi connectivity index (χ2n) is 12.2. The summed E-state index contributed by atoms with van der Waals surface area (Å²) in [5, 5.41) is 3.19. The van der Waals surface area contributed by atoms with Crippen LogP contribution in [0.25, 0.3) is 0 Å². The number of nitrogens with one attached hydrogen (secondary N) is 1. The highest BCUT2D eigenvalue weighted by Crippen LogP contribution is 2.44. The number of anilines is 1. The Morgan fingerprint density at radius 3 is 2.34 bits per heavy atom. The fourth-order valence-corrected chi connectivity index (χ4v) is 7.08. The van der Waals surface area contributed by atoms with Crippen LogP contribution in [0.3, 0.4) is 0 Å². The van der Waals surface area contributed by atoms with Gasteiger partial charge in [-0.2, -0.15) is 0 Å². The molecular formula is C33H40N2O5S. The van der Waals surface area contributed by atoms with Gasteiger partial charge >= 0.3 is 0 Å². The number of benzene rings is 3. The summed E-state index contributed by atoms with van der Waals surface area (Å²) in [6.07, 6.45) is 1.19. The van der Waals surface area contributed by atoms with Gasteiger partial charge in [-0.15, -0.1) is 0 Å². The van der Waals surface area contributed by atoms with Gasteiger partial charge in [-0.3, -0.25) is 9.10 Å². The number of carbonyl (C=O) groups is 1. The minimum atomic E-state index is -3.98. The van der Waals surface area contributed by atoms with Gasteiger partial charge in [0, 0.05) is 12.0 Å². The molecule has 2 aliphatic rings. The van der Waals surface area contributed by atoms with Crippen LogP contribution in [-0.2, 0) is 20.2 Å². The molecule has 8 heteroatoms. The summed E-state index contributed by atoms with van der Waals surface area (Å²) in [5.74, 6) is 0.771. The van der Waals surface area contributed by atoms with Crippen molar-refractivity contribution in [3.63, 3.8) is 0 Å². The zero-order valence-corrected chi connectivity index (χ0v) is 25.5. The Hall–Kier alpha value is -3.52. The topological polar surface area (TPSA) is 84.9 Å². The third-order valence-corrected chi connectivity index (χ3v) is 10.2. The van der Waals surface area contributed by atoms with Gasteiger partial charge in [-0.05, 0) is 61.1 Å². The molecule has 1 amide bonds. The van der Waals surface area contributed by atoms with Crippen molar-refractivity contribution in [1.29, 1.82) is 0 Å². The van der Waals surface area contributed by atoms with Gasteiger partial charge in [0.05, 0.1) is 23.2 Å². The van der Waals surface area contributed by atoms with Crippen molar-refractivity contribution in [2.75, 3.05) is 10.8 Å². The molecule has 218 valence electrons. The highest BCUT2D eigenvalue weighted by atomic mass is 32.2. The number of fused-ring (bicyclic) bond motifs is 2. The quantitative estimate of drug-likeness (QED) is 0.365. The lowest BCUT2D eigenvalue weighted by Crippen LogP contribution is -2.53. The van der Waals surface area contributed by atoms with E-state index in [-0.39, 0.29) is 28.8 Å². The lowest BCUT2D eigenvalue weighted by molar-refractivity contribution is -0.129. The largest absolute Gasteiger partial charge is 0.487 e. The number of carbonyl (C=O) groups excluding carboxylic acids is 1. The van der Waals surface area contributed by atoms with E-state index in [0.717, 1.165) is 35.3 Å². The van der Waals surface area contributed by atoms with Crippen molar-refractivity contribution in [3.8, 4) is 11.5 Å². The van der Waals surface area contributed by atoms with Gasteiger partial charge in [0.25, 0.3) is 15.9 Å². The van der Waals surface area contributed by atoms with E-state index < -0.39 is 21.7 Å². The molecule has 2 atom stereocenters. The molecule has 0 radical (unpaired) electrons. The summed E-state index contributed by atoms with van der Waals surface area (Å²) in [6, 6.07) is 19.8. The average molecular weight is 577 g/mol. The van der Waals surface area contributed by atoms with Crippen molar-refractivity contribution in [3.05, 3.63) is 83.4 Å². The Balaban J connectivity index is 1.50. The normalized spacial score (nSPS) is 19.8. The summed E-state index contributed by atoms with van der Waals surface area (Å²) in [6.45, 7) is 12.2. The lowest BCUT2D eigenvalue weighted by Gasteiger charge is -2.42. The number of ether oxygens (including phenoxy) is 2. The lowest BCUT2D eigenvalue weighted by atomic mass is 9.83. The standard InChI is InChI=1S/C33H40N2O5S/c1-7-33(8-2)20-26(25-11-9-10-12-28(25)40-33)34-31(36)30-21-35(41(37,38)24-16-13-22(3)14-17-24)27-19-23(32(4,5)6)15-18-29(27)39-30/h9-19,26,30H,7-8,20-21H2,1-6H3,(H,34,36)/t26-,30-/m1/s1. The van der Waals surface area contributed by atoms with E-state index in [1.54, 1.807) is 30.3 Å². The van der Waals surface area contributed by atoms with E-state index in [0.29, 0.717) is 17.9 Å². The monoisotopic (exact) mass is 576 g/mol. The minimum Gasteiger partial charge on any atom is -0.487 e. The molecule has 0 bridgehead atoms. The molecule has 2 aliphatic heterocycles. The predicted molar refractivity (Wildman–Crippen MR) is 161 cm³/mol. The highest BCUT2D eigenvalue weighted by molar-refractivity contribution is 7.92. The molecule has 2 heterocycles. The molecule has 0 saturated heterocycles. The Morgan fingerprint density at radius 2 is 1.68 bits per heavy atom. The van der Waals surface area contributed by atoms with Gasteiger partial charge in [-0.1, -0.05) is 76.6 Å². The predicted octanol–water partition coefficient (Wildman–Crippen LogP) is 6.45. The Morgan fingerprint density at radius 1 is 1.00 bits per heavy atom. The van der Waals surface area contributed by atoms with Crippen LogP contribution >= 0.6 is 0 Å². The molecule has 5 rings (SSSR count). The van der Waals surface area contributed by atoms with Crippen LogP contribution in [0.2, 0.25) is 0 Å². The summed E-state index contributed by atoms with van der Waals surface area (Å²) >= 11 is 0. The average Bonchev–Trinajstić information content (AvgIpc) is 2.95. The van der Waals surface area contributed by atoms with Crippen LogP contribution in [0.5, 0.6) is 11.5 Å². The fourth-order valence-electron chi connectivity index (χ4n) is 5.61. The summed E-state index contributed by atoms with van der Waals surface area (Å²) in [7, 11) is -3.98. The van der Waals surface area contributed by atoms with Crippen LogP contribution in [0.4, 0.5) is 5.69 Å². The third kappa shape index (κ3) is 5.54. The maximum absolute atomic E-state index is 14.0. The molecule has 1 N–H and O–H groups in total. The SMILES string of the molecule is CCC1(CC)C[C@@H](NC(=O)[C@H]2CN(S(=O)(=O)c3ccc(C)cc3)c3cc(C(C)(C)C)ccc3O2)c2ccccc2O1. The van der Waals surface area contributed by atoms with Crippen LogP contribution in [0.15, 0.2) is 71.6 Å². The Bertz CT molecular complexity index is 1540. The number of rotatable bonds is 6.